The molecule has 0 bridgehead atoms. The summed E-state index contributed by atoms with van der Waals surface area (Å²) in [5.41, 5.74) is 6.42. The van der Waals surface area contributed by atoms with Crippen LogP contribution >= 0.6 is 0 Å². The third-order valence-corrected chi connectivity index (χ3v) is 6.17. The second kappa shape index (κ2) is 8.29. The first-order valence-corrected chi connectivity index (χ1v) is 10.6. The summed E-state index contributed by atoms with van der Waals surface area (Å²) in [6.45, 7) is 3.40. The molecule has 0 unspecified atom stereocenters. The minimum atomic E-state index is -0.350. The largest absolute Gasteiger partial charge is 0.494 e. The highest BCUT2D eigenvalue weighted by Gasteiger charge is 2.24. The van der Waals surface area contributed by atoms with Crippen molar-refractivity contribution in [3.63, 3.8) is 0 Å². The minimum Gasteiger partial charge on any atom is -0.494 e. The second-order valence-electron chi connectivity index (χ2n) is 8.07. The predicted octanol–water partition coefficient (Wildman–Crippen LogP) is 4.46. The van der Waals surface area contributed by atoms with E-state index in [0.717, 1.165) is 54.0 Å². The van der Waals surface area contributed by atoms with Crippen LogP contribution in [0.15, 0.2) is 42.5 Å². The first kappa shape index (κ1) is 20.0. The van der Waals surface area contributed by atoms with Gasteiger partial charge in [0.05, 0.1) is 30.6 Å². The lowest BCUT2D eigenvalue weighted by molar-refractivity contribution is 0.140. The average molecular weight is 420 g/mol. The first-order chi connectivity index (χ1) is 15.2. The number of methoxy groups -OCH3 is 2. The van der Waals surface area contributed by atoms with Crippen molar-refractivity contribution in [1.29, 1.82) is 0 Å². The standard InChI is InChI=1S/C25H26FN3O2/c1-30-12-11-29-10-9-18-22(15-29)27-21(14-16-7-8-23(31-2)19(26)13-16)25-24(18)17-5-3-4-6-20(17)28-25/h3-8,13,28H,9-12,14-15H2,1-2H3. The summed E-state index contributed by atoms with van der Waals surface area (Å²) in [5, 5.41) is 2.49. The number of hydrogen-bond acceptors (Lipinski definition) is 4. The third-order valence-electron chi connectivity index (χ3n) is 6.17. The summed E-state index contributed by atoms with van der Waals surface area (Å²) in [6, 6.07) is 13.5. The molecule has 5 nitrogen and oxygen atoms in total. The summed E-state index contributed by atoms with van der Waals surface area (Å²) in [4.78, 5) is 11.1. The molecule has 0 amide bonds. The molecule has 0 saturated carbocycles. The topological polar surface area (TPSA) is 50.4 Å². The molecule has 0 saturated heterocycles. The normalized spacial score (nSPS) is 14.3. The Labute approximate surface area is 180 Å². The zero-order valence-corrected chi connectivity index (χ0v) is 17.9. The van der Waals surface area contributed by atoms with Gasteiger partial charge in [-0.15, -0.1) is 0 Å². The van der Waals surface area contributed by atoms with Crippen LogP contribution in [-0.4, -0.2) is 48.8 Å². The van der Waals surface area contributed by atoms with Crippen molar-refractivity contribution in [2.75, 3.05) is 33.9 Å². The number of halogens is 1. The van der Waals surface area contributed by atoms with Crippen molar-refractivity contribution >= 4 is 21.8 Å². The number of benzene rings is 2. The van der Waals surface area contributed by atoms with E-state index in [2.05, 4.69) is 28.1 Å². The van der Waals surface area contributed by atoms with Crippen molar-refractivity contribution in [3.05, 3.63) is 70.8 Å². The molecule has 0 spiro atoms. The maximum atomic E-state index is 14.3. The van der Waals surface area contributed by atoms with Gasteiger partial charge in [-0.25, -0.2) is 4.39 Å². The van der Waals surface area contributed by atoms with E-state index in [1.54, 1.807) is 19.2 Å². The summed E-state index contributed by atoms with van der Waals surface area (Å²) in [6.07, 6.45) is 1.51. The molecule has 1 aliphatic rings. The van der Waals surface area contributed by atoms with Crippen LogP contribution in [0, 0.1) is 5.82 Å². The summed E-state index contributed by atoms with van der Waals surface area (Å²) in [7, 11) is 3.21. The quantitative estimate of drug-likeness (QED) is 0.501. The molecule has 31 heavy (non-hydrogen) atoms. The molecule has 6 heteroatoms. The maximum absolute atomic E-state index is 14.3. The van der Waals surface area contributed by atoms with Crippen molar-refractivity contribution < 1.29 is 13.9 Å². The number of aromatic amines is 1. The van der Waals surface area contributed by atoms with Gasteiger partial charge in [-0.3, -0.25) is 9.88 Å². The van der Waals surface area contributed by atoms with E-state index in [9.17, 15) is 4.39 Å². The van der Waals surface area contributed by atoms with Gasteiger partial charge in [0.1, 0.15) is 0 Å². The number of nitrogens with zero attached hydrogens (tertiary/aromatic N) is 2. The monoisotopic (exact) mass is 419 g/mol. The maximum Gasteiger partial charge on any atom is 0.165 e. The highest BCUT2D eigenvalue weighted by molar-refractivity contribution is 6.10. The zero-order chi connectivity index (χ0) is 21.4. The molecule has 0 fully saturated rings. The summed E-state index contributed by atoms with van der Waals surface area (Å²) >= 11 is 0. The van der Waals surface area contributed by atoms with Gasteiger partial charge < -0.3 is 14.5 Å². The molecule has 2 aromatic heterocycles. The van der Waals surface area contributed by atoms with Crippen LogP contribution in [0.25, 0.3) is 21.8 Å². The van der Waals surface area contributed by atoms with Crippen LogP contribution in [0.3, 0.4) is 0 Å². The van der Waals surface area contributed by atoms with Gasteiger partial charge in [0.25, 0.3) is 0 Å². The fourth-order valence-electron chi connectivity index (χ4n) is 4.62. The molecule has 3 heterocycles. The van der Waals surface area contributed by atoms with Gasteiger partial charge >= 0.3 is 0 Å². The molecule has 5 rings (SSSR count). The van der Waals surface area contributed by atoms with Gasteiger partial charge in [-0.05, 0) is 35.7 Å². The number of rotatable bonds is 6. The molecule has 1 aliphatic heterocycles. The van der Waals surface area contributed by atoms with Crippen LogP contribution in [-0.2, 0) is 24.1 Å². The molecule has 0 radical (unpaired) electrons. The van der Waals surface area contributed by atoms with Crippen molar-refractivity contribution in [2.45, 2.75) is 19.4 Å². The molecule has 160 valence electrons. The van der Waals surface area contributed by atoms with Crippen molar-refractivity contribution in [2.24, 2.45) is 0 Å². The van der Waals surface area contributed by atoms with E-state index in [0.29, 0.717) is 13.0 Å². The summed E-state index contributed by atoms with van der Waals surface area (Å²) < 4.78 is 24.6. The number of hydrogen-bond donors (Lipinski definition) is 1. The lowest BCUT2D eigenvalue weighted by Crippen LogP contribution is -2.34. The first-order valence-electron chi connectivity index (χ1n) is 10.6. The summed E-state index contributed by atoms with van der Waals surface area (Å²) in [5.74, 6) is -0.0942. The molecule has 2 aromatic carbocycles. The van der Waals surface area contributed by atoms with Gasteiger partial charge in [0.2, 0.25) is 0 Å². The van der Waals surface area contributed by atoms with E-state index in [1.807, 2.05) is 12.1 Å². The molecule has 4 aromatic rings. The lowest BCUT2D eigenvalue weighted by Gasteiger charge is -2.28. The Morgan fingerprint density at radius 2 is 2.03 bits per heavy atom. The number of pyridine rings is 1. The average Bonchev–Trinajstić information content (AvgIpc) is 3.18. The third kappa shape index (κ3) is 3.66. The number of aromatic nitrogens is 2. The molecule has 1 N–H and O–H groups in total. The minimum absolute atomic E-state index is 0.256. The van der Waals surface area contributed by atoms with E-state index in [1.165, 1.54) is 23.4 Å². The van der Waals surface area contributed by atoms with Gasteiger partial charge in [-0.1, -0.05) is 24.3 Å². The van der Waals surface area contributed by atoms with E-state index in [-0.39, 0.29) is 11.6 Å². The molecular formula is C25H26FN3O2. The van der Waals surface area contributed by atoms with Crippen molar-refractivity contribution in [1.82, 2.24) is 14.9 Å². The highest BCUT2D eigenvalue weighted by atomic mass is 19.1. The van der Waals surface area contributed by atoms with E-state index in [4.69, 9.17) is 14.5 Å². The zero-order valence-electron chi connectivity index (χ0n) is 17.9. The van der Waals surface area contributed by atoms with E-state index >= 15 is 0 Å². The Morgan fingerprint density at radius 1 is 1.16 bits per heavy atom. The van der Waals surface area contributed by atoms with Gasteiger partial charge in [0.15, 0.2) is 11.6 Å². The van der Waals surface area contributed by atoms with Gasteiger partial charge in [0, 0.05) is 49.5 Å². The van der Waals surface area contributed by atoms with E-state index < -0.39 is 0 Å². The number of para-hydroxylation sites is 1. The van der Waals surface area contributed by atoms with Crippen LogP contribution in [0.1, 0.15) is 22.5 Å². The number of H-pyrrole nitrogens is 1. The Bertz CT molecular complexity index is 1250. The lowest BCUT2D eigenvalue weighted by atomic mass is 9.96. The Morgan fingerprint density at radius 3 is 2.84 bits per heavy atom. The number of ether oxygens (including phenoxy) is 2. The van der Waals surface area contributed by atoms with Crippen LogP contribution in [0.4, 0.5) is 4.39 Å². The van der Waals surface area contributed by atoms with Crippen LogP contribution < -0.4 is 4.74 Å². The number of fused-ring (bicyclic) bond motifs is 5. The Hall–Kier alpha value is -2.96. The van der Waals surface area contributed by atoms with Gasteiger partial charge in [-0.2, -0.15) is 0 Å². The number of nitrogens with one attached hydrogen (secondary N) is 1. The molecule has 0 aliphatic carbocycles. The molecule has 0 atom stereocenters. The highest BCUT2D eigenvalue weighted by Crippen LogP contribution is 2.35. The Balaban J connectivity index is 1.63. The Kier molecular flexibility index (Phi) is 5.34. The van der Waals surface area contributed by atoms with Crippen LogP contribution in [0.5, 0.6) is 5.75 Å². The second-order valence-corrected chi connectivity index (χ2v) is 8.07. The molecular weight excluding hydrogens is 393 g/mol. The fraction of sp³-hybridized carbons (Fsp3) is 0.320. The van der Waals surface area contributed by atoms with Crippen molar-refractivity contribution in [3.8, 4) is 5.75 Å². The SMILES string of the molecule is COCCN1CCc2c(nc(Cc3ccc(OC)c(F)c3)c3[nH]c4ccccc4c23)C1. The fourth-order valence-corrected chi connectivity index (χ4v) is 4.62. The smallest absolute Gasteiger partial charge is 0.165 e. The van der Waals surface area contributed by atoms with Crippen LogP contribution in [0.2, 0.25) is 0 Å². The predicted molar refractivity (Wildman–Crippen MR) is 120 cm³/mol.